The zero-order chi connectivity index (χ0) is 18.5. The topological polar surface area (TPSA) is 61.9 Å². The van der Waals surface area contributed by atoms with Crippen LogP contribution in [0.3, 0.4) is 0 Å². The largest absolute Gasteiger partial charge is 0.342 e. The molecule has 27 heavy (non-hydrogen) atoms. The number of H-pyrrole nitrogens is 1. The first-order chi connectivity index (χ1) is 13.3. The predicted molar refractivity (Wildman–Crippen MR) is 105 cm³/mol. The van der Waals surface area contributed by atoms with Crippen LogP contribution in [-0.4, -0.2) is 39.1 Å². The van der Waals surface area contributed by atoms with Gasteiger partial charge < -0.3 is 4.90 Å². The van der Waals surface area contributed by atoms with Gasteiger partial charge in [0.25, 0.3) is 0 Å². The van der Waals surface area contributed by atoms with E-state index in [1.54, 1.807) is 6.20 Å². The van der Waals surface area contributed by atoms with Gasteiger partial charge in [0, 0.05) is 49.1 Å². The number of amides is 1. The molecule has 5 heteroatoms. The summed E-state index contributed by atoms with van der Waals surface area (Å²) in [5, 5.41) is 7.48. The lowest BCUT2D eigenvalue weighted by Gasteiger charge is -2.33. The van der Waals surface area contributed by atoms with Crippen LogP contribution in [0.1, 0.15) is 36.4 Å². The molecule has 4 rings (SSSR count). The summed E-state index contributed by atoms with van der Waals surface area (Å²) in [7, 11) is 0. The SMILES string of the molecule is O=C(CCc1cccnc1)N1CCCC(c2[nH]ncc2-c2ccccc2)C1. The van der Waals surface area contributed by atoms with Crippen molar-refractivity contribution in [2.24, 2.45) is 0 Å². The Labute approximate surface area is 159 Å². The fraction of sp³-hybridized carbons (Fsp3) is 0.318. The van der Waals surface area contributed by atoms with Crippen molar-refractivity contribution in [3.63, 3.8) is 0 Å². The summed E-state index contributed by atoms with van der Waals surface area (Å²) in [6.07, 6.45) is 8.87. The first-order valence-corrected chi connectivity index (χ1v) is 9.56. The van der Waals surface area contributed by atoms with Crippen LogP contribution < -0.4 is 0 Å². The minimum Gasteiger partial charge on any atom is -0.342 e. The van der Waals surface area contributed by atoms with Gasteiger partial charge in [-0.05, 0) is 36.5 Å². The Morgan fingerprint density at radius 1 is 1.15 bits per heavy atom. The molecule has 1 saturated heterocycles. The first kappa shape index (κ1) is 17.5. The zero-order valence-corrected chi connectivity index (χ0v) is 15.3. The molecule has 3 heterocycles. The molecule has 2 aromatic heterocycles. The molecular weight excluding hydrogens is 336 g/mol. The number of carbonyl (C=O) groups is 1. The number of piperidine rings is 1. The van der Waals surface area contributed by atoms with Gasteiger partial charge in [-0.3, -0.25) is 14.9 Å². The molecule has 1 aliphatic rings. The van der Waals surface area contributed by atoms with Gasteiger partial charge in [-0.15, -0.1) is 0 Å². The summed E-state index contributed by atoms with van der Waals surface area (Å²) in [5.41, 5.74) is 4.57. The number of nitrogens with one attached hydrogen (secondary N) is 1. The molecule has 1 aliphatic heterocycles. The Balaban J connectivity index is 1.43. The van der Waals surface area contributed by atoms with Gasteiger partial charge in [0.1, 0.15) is 0 Å². The number of aromatic amines is 1. The van der Waals surface area contributed by atoms with Crippen molar-refractivity contribution >= 4 is 5.91 Å². The van der Waals surface area contributed by atoms with Crippen LogP contribution in [0.15, 0.2) is 61.1 Å². The van der Waals surface area contributed by atoms with Crippen LogP contribution >= 0.6 is 0 Å². The van der Waals surface area contributed by atoms with Crippen molar-refractivity contribution in [1.82, 2.24) is 20.1 Å². The Hall–Kier alpha value is -2.95. The number of aryl methyl sites for hydroxylation is 1. The Bertz CT molecular complexity index is 876. The quantitative estimate of drug-likeness (QED) is 0.752. The molecule has 3 aromatic rings. The van der Waals surface area contributed by atoms with Crippen LogP contribution in [0.2, 0.25) is 0 Å². The van der Waals surface area contributed by atoms with Crippen LogP contribution in [0.5, 0.6) is 0 Å². The lowest BCUT2D eigenvalue weighted by molar-refractivity contribution is -0.132. The third-order valence-electron chi connectivity index (χ3n) is 5.29. The molecule has 0 radical (unpaired) electrons. The second kappa shape index (κ2) is 8.16. The van der Waals surface area contributed by atoms with Crippen molar-refractivity contribution in [2.45, 2.75) is 31.6 Å². The van der Waals surface area contributed by atoms with Crippen molar-refractivity contribution in [2.75, 3.05) is 13.1 Å². The number of benzene rings is 1. The molecule has 0 saturated carbocycles. The molecule has 1 unspecified atom stereocenters. The maximum absolute atomic E-state index is 12.7. The lowest BCUT2D eigenvalue weighted by atomic mass is 9.90. The van der Waals surface area contributed by atoms with Crippen LogP contribution in [-0.2, 0) is 11.2 Å². The predicted octanol–water partition coefficient (Wildman–Crippen LogP) is 3.81. The van der Waals surface area contributed by atoms with E-state index < -0.39 is 0 Å². The fourth-order valence-corrected chi connectivity index (χ4v) is 3.85. The van der Waals surface area contributed by atoms with E-state index in [-0.39, 0.29) is 5.91 Å². The average Bonchev–Trinajstić information content (AvgIpc) is 3.23. The third kappa shape index (κ3) is 4.08. The first-order valence-electron chi connectivity index (χ1n) is 9.56. The van der Waals surface area contributed by atoms with E-state index in [0.29, 0.717) is 12.3 Å². The highest BCUT2D eigenvalue weighted by Gasteiger charge is 2.27. The Kier molecular flexibility index (Phi) is 5.28. The number of pyridine rings is 1. The third-order valence-corrected chi connectivity index (χ3v) is 5.29. The highest BCUT2D eigenvalue weighted by molar-refractivity contribution is 5.76. The second-order valence-corrected chi connectivity index (χ2v) is 7.10. The molecular formula is C22H24N4O. The van der Waals surface area contributed by atoms with E-state index in [1.807, 2.05) is 47.6 Å². The molecule has 5 nitrogen and oxygen atoms in total. The molecule has 0 spiro atoms. The van der Waals surface area contributed by atoms with Crippen LogP contribution in [0, 0.1) is 0 Å². The number of hydrogen-bond acceptors (Lipinski definition) is 3. The molecule has 1 fully saturated rings. The van der Waals surface area contributed by atoms with Gasteiger partial charge in [0.15, 0.2) is 0 Å². The minimum atomic E-state index is 0.226. The van der Waals surface area contributed by atoms with Crippen molar-refractivity contribution < 1.29 is 4.79 Å². The monoisotopic (exact) mass is 360 g/mol. The smallest absolute Gasteiger partial charge is 0.222 e. The highest BCUT2D eigenvalue weighted by Crippen LogP contribution is 2.33. The standard InChI is InChI=1S/C22H24N4O/c27-21(11-10-17-6-4-12-23-14-17)26-13-5-9-19(16-26)22-20(15-24-25-22)18-7-2-1-3-8-18/h1-4,6-8,12,14-15,19H,5,9-11,13,16H2,(H,24,25). The summed E-state index contributed by atoms with van der Waals surface area (Å²) in [5.74, 6) is 0.531. The fourth-order valence-electron chi connectivity index (χ4n) is 3.85. The van der Waals surface area contributed by atoms with E-state index in [4.69, 9.17) is 0 Å². The van der Waals surface area contributed by atoms with Gasteiger partial charge in [-0.25, -0.2) is 0 Å². The van der Waals surface area contributed by atoms with E-state index in [2.05, 4.69) is 27.3 Å². The number of rotatable bonds is 5. The maximum atomic E-state index is 12.7. The van der Waals surface area contributed by atoms with Gasteiger partial charge >= 0.3 is 0 Å². The number of carbonyl (C=O) groups excluding carboxylic acids is 1. The van der Waals surface area contributed by atoms with Crippen molar-refractivity contribution in [3.8, 4) is 11.1 Å². The molecule has 1 amide bonds. The number of nitrogens with zero attached hydrogens (tertiary/aromatic N) is 3. The summed E-state index contributed by atoms with van der Waals surface area (Å²) < 4.78 is 0. The van der Waals surface area contributed by atoms with Crippen molar-refractivity contribution in [1.29, 1.82) is 0 Å². The zero-order valence-electron chi connectivity index (χ0n) is 15.3. The summed E-state index contributed by atoms with van der Waals surface area (Å²) >= 11 is 0. The highest BCUT2D eigenvalue weighted by atomic mass is 16.2. The van der Waals surface area contributed by atoms with Crippen molar-refractivity contribution in [3.05, 3.63) is 72.3 Å². The molecule has 1 aromatic carbocycles. The molecule has 1 N–H and O–H groups in total. The summed E-state index contributed by atoms with van der Waals surface area (Å²) in [6.45, 7) is 1.60. The van der Waals surface area contributed by atoms with E-state index in [0.717, 1.165) is 49.2 Å². The van der Waals surface area contributed by atoms with Gasteiger partial charge in [-0.1, -0.05) is 36.4 Å². The Morgan fingerprint density at radius 2 is 2.04 bits per heavy atom. The number of aromatic nitrogens is 3. The van der Waals surface area contributed by atoms with E-state index >= 15 is 0 Å². The maximum Gasteiger partial charge on any atom is 0.222 e. The molecule has 1 atom stereocenters. The van der Waals surface area contributed by atoms with Gasteiger partial charge in [-0.2, -0.15) is 5.10 Å². The van der Waals surface area contributed by atoms with Gasteiger partial charge in [0.05, 0.1) is 6.20 Å². The normalized spacial score (nSPS) is 17.0. The van der Waals surface area contributed by atoms with Gasteiger partial charge in [0.2, 0.25) is 5.91 Å². The summed E-state index contributed by atoms with van der Waals surface area (Å²) in [4.78, 5) is 18.9. The van der Waals surface area contributed by atoms with Crippen LogP contribution in [0.25, 0.3) is 11.1 Å². The van der Waals surface area contributed by atoms with E-state index in [9.17, 15) is 4.79 Å². The Morgan fingerprint density at radius 3 is 2.85 bits per heavy atom. The molecule has 138 valence electrons. The molecule has 0 aliphatic carbocycles. The average molecular weight is 360 g/mol. The number of likely N-dealkylation sites (tertiary alicyclic amines) is 1. The second-order valence-electron chi connectivity index (χ2n) is 7.10. The minimum absolute atomic E-state index is 0.226. The van der Waals surface area contributed by atoms with E-state index in [1.165, 1.54) is 5.56 Å². The molecule has 0 bridgehead atoms. The van der Waals surface area contributed by atoms with Crippen LogP contribution in [0.4, 0.5) is 0 Å². The number of hydrogen-bond donors (Lipinski definition) is 1. The lowest BCUT2D eigenvalue weighted by Crippen LogP contribution is -2.39. The summed E-state index contributed by atoms with van der Waals surface area (Å²) in [6, 6.07) is 14.3.